The van der Waals surface area contributed by atoms with Crippen LogP contribution in [-0.4, -0.2) is 19.6 Å². The molecule has 0 aliphatic carbocycles. The van der Waals surface area contributed by atoms with E-state index in [0.29, 0.717) is 6.04 Å². The fourth-order valence-corrected chi connectivity index (χ4v) is 2.65. The van der Waals surface area contributed by atoms with E-state index in [1.54, 1.807) is 0 Å². The van der Waals surface area contributed by atoms with Crippen molar-refractivity contribution < 1.29 is 0 Å². The summed E-state index contributed by atoms with van der Waals surface area (Å²) >= 11 is 6.05. The molecule has 1 N–H and O–H groups in total. The maximum Gasteiger partial charge on any atom is 0.0415 e. The van der Waals surface area contributed by atoms with Gasteiger partial charge in [-0.1, -0.05) is 11.6 Å². The number of nitrogens with zero attached hydrogens (tertiary/aromatic N) is 1. The summed E-state index contributed by atoms with van der Waals surface area (Å²) < 4.78 is 0. The average Bonchev–Trinajstić information content (AvgIpc) is 2.65. The highest BCUT2D eigenvalue weighted by Crippen LogP contribution is 2.30. The molecule has 88 valence electrons. The molecule has 1 unspecified atom stereocenters. The number of nitrogens with one attached hydrogen (secondary N) is 1. The highest BCUT2D eigenvalue weighted by molar-refractivity contribution is 6.30. The number of hydrogen-bond acceptors (Lipinski definition) is 2. The van der Waals surface area contributed by atoms with E-state index in [-0.39, 0.29) is 0 Å². The van der Waals surface area contributed by atoms with Gasteiger partial charge in [0.25, 0.3) is 0 Å². The molecule has 1 fully saturated rings. The van der Waals surface area contributed by atoms with E-state index in [1.807, 2.05) is 13.1 Å². The second-order valence-electron chi connectivity index (χ2n) is 4.49. The largest absolute Gasteiger partial charge is 0.369 e. The van der Waals surface area contributed by atoms with Crippen LogP contribution in [0.15, 0.2) is 18.2 Å². The van der Waals surface area contributed by atoms with Crippen LogP contribution in [0.1, 0.15) is 25.3 Å². The van der Waals surface area contributed by atoms with Crippen LogP contribution < -0.4 is 10.2 Å². The molecule has 2 nitrogen and oxygen atoms in total. The Morgan fingerprint density at radius 2 is 2.31 bits per heavy atom. The number of rotatable bonds is 3. The SMILES string of the molecule is CNCc1cc(Cl)ccc1N1CCCC1C. The predicted molar refractivity (Wildman–Crippen MR) is 70.3 cm³/mol. The lowest BCUT2D eigenvalue weighted by Crippen LogP contribution is -2.27. The van der Waals surface area contributed by atoms with Crippen molar-refractivity contribution in [2.24, 2.45) is 0 Å². The van der Waals surface area contributed by atoms with Crippen molar-refractivity contribution in [3.05, 3.63) is 28.8 Å². The minimum Gasteiger partial charge on any atom is -0.369 e. The normalized spacial score (nSPS) is 20.4. The summed E-state index contributed by atoms with van der Waals surface area (Å²) in [6.07, 6.45) is 2.59. The molecule has 0 aromatic heterocycles. The van der Waals surface area contributed by atoms with Gasteiger partial charge >= 0.3 is 0 Å². The average molecular weight is 239 g/mol. The van der Waals surface area contributed by atoms with E-state index >= 15 is 0 Å². The third kappa shape index (κ3) is 2.33. The van der Waals surface area contributed by atoms with Gasteiger partial charge in [-0.25, -0.2) is 0 Å². The smallest absolute Gasteiger partial charge is 0.0415 e. The van der Waals surface area contributed by atoms with Gasteiger partial charge in [-0.05, 0) is 50.6 Å². The third-order valence-corrected chi connectivity index (χ3v) is 3.51. The van der Waals surface area contributed by atoms with E-state index < -0.39 is 0 Å². The van der Waals surface area contributed by atoms with Crippen molar-refractivity contribution in [1.29, 1.82) is 0 Å². The van der Waals surface area contributed by atoms with Gasteiger partial charge in [0.2, 0.25) is 0 Å². The zero-order valence-electron chi connectivity index (χ0n) is 9.96. The first kappa shape index (κ1) is 11.7. The summed E-state index contributed by atoms with van der Waals surface area (Å²) in [5, 5.41) is 4.02. The summed E-state index contributed by atoms with van der Waals surface area (Å²) in [5.41, 5.74) is 2.63. The molecular formula is C13H19ClN2. The molecule has 1 aromatic carbocycles. The first-order valence-corrected chi connectivity index (χ1v) is 6.30. The lowest BCUT2D eigenvalue weighted by Gasteiger charge is -2.26. The molecule has 0 amide bonds. The first-order chi connectivity index (χ1) is 7.72. The Labute approximate surface area is 103 Å². The Kier molecular flexibility index (Phi) is 3.72. The van der Waals surface area contributed by atoms with Gasteiger partial charge in [0.15, 0.2) is 0 Å². The van der Waals surface area contributed by atoms with Crippen LogP contribution >= 0.6 is 11.6 Å². The lowest BCUT2D eigenvalue weighted by molar-refractivity contribution is 0.726. The summed E-state index contributed by atoms with van der Waals surface area (Å²) in [4.78, 5) is 2.49. The molecule has 1 aromatic rings. The Balaban J connectivity index is 2.31. The van der Waals surface area contributed by atoms with Crippen molar-refractivity contribution in [3.8, 4) is 0 Å². The molecule has 1 aliphatic heterocycles. The predicted octanol–water partition coefficient (Wildman–Crippen LogP) is 3.05. The van der Waals surface area contributed by atoms with Crippen molar-refractivity contribution in [3.63, 3.8) is 0 Å². The summed E-state index contributed by atoms with van der Waals surface area (Å²) in [5.74, 6) is 0. The summed E-state index contributed by atoms with van der Waals surface area (Å²) in [7, 11) is 1.97. The summed E-state index contributed by atoms with van der Waals surface area (Å²) in [6.45, 7) is 4.34. The molecule has 1 aliphatic rings. The Morgan fingerprint density at radius 1 is 1.50 bits per heavy atom. The van der Waals surface area contributed by atoms with Gasteiger partial charge in [0.1, 0.15) is 0 Å². The standard InChI is InChI=1S/C13H19ClN2/c1-10-4-3-7-16(10)13-6-5-12(14)8-11(13)9-15-2/h5-6,8,10,15H,3-4,7,9H2,1-2H3. The topological polar surface area (TPSA) is 15.3 Å². The van der Waals surface area contributed by atoms with Crippen LogP contribution in [0.2, 0.25) is 5.02 Å². The van der Waals surface area contributed by atoms with Crippen LogP contribution in [0.25, 0.3) is 0 Å². The molecule has 3 heteroatoms. The van der Waals surface area contributed by atoms with Gasteiger partial charge < -0.3 is 10.2 Å². The number of halogens is 1. The molecule has 1 heterocycles. The molecule has 1 saturated heterocycles. The van der Waals surface area contributed by atoms with Crippen molar-refractivity contribution in [2.45, 2.75) is 32.4 Å². The molecule has 1 atom stereocenters. The molecule has 0 bridgehead atoms. The van der Waals surface area contributed by atoms with Crippen LogP contribution in [0.4, 0.5) is 5.69 Å². The lowest BCUT2D eigenvalue weighted by atomic mass is 10.1. The minimum absolute atomic E-state index is 0.650. The molecule has 16 heavy (non-hydrogen) atoms. The van der Waals surface area contributed by atoms with E-state index in [0.717, 1.165) is 11.6 Å². The fourth-order valence-electron chi connectivity index (χ4n) is 2.46. The van der Waals surface area contributed by atoms with Crippen molar-refractivity contribution in [1.82, 2.24) is 5.32 Å². The van der Waals surface area contributed by atoms with Crippen LogP contribution in [0, 0.1) is 0 Å². The maximum atomic E-state index is 6.05. The van der Waals surface area contributed by atoms with Gasteiger partial charge in [-0.15, -0.1) is 0 Å². The molecule has 0 spiro atoms. The second kappa shape index (κ2) is 5.07. The number of benzene rings is 1. The number of hydrogen-bond donors (Lipinski definition) is 1. The zero-order chi connectivity index (χ0) is 11.5. The molecule has 0 radical (unpaired) electrons. The second-order valence-corrected chi connectivity index (χ2v) is 4.92. The van der Waals surface area contributed by atoms with Crippen LogP contribution in [0.5, 0.6) is 0 Å². The Hall–Kier alpha value is -0.730. The molecule has 0 saturated carbocycles. The quantitative estimate of drug-likeness (QED) is 0.871. The van der Waals surface area contributed by atoms with E-state index in [2.05, 4.69) is 29.3 Å². The van der Waals surface area contributed by atoms with Gasteiger partial charge in [-0.3, -0.25) is 0 Å². The highest BCUT2D eigenvalue weighted by Gasteiger charge is 2.22. The molecular weight excluding hydrogens is 220 g/mol. The van der Waals surface area contributed by atoms with Crippen LogP contribution in [-0.2, 0) is 6.54 Å². The van der Waals surface area contributed by atoms with Gasteiger partial charge in [0.05, 0.1) is 0 Å². The monoisotopic (exact) mass is 238 g/mol. The van der Waals surface area contributed by atoms with Crippen molar-refractivity contribution in [2.75, 3.05) is 18.5 Å². The van der Waals surface area contributed by atoms with Crippen LogP contribution in [0.3, 0.4) is 0 Å². The van der Waals surface area contributed by atoms with E-state index in [4.69, 9.17) is 11.6 Å². The highest BCUT2D eigenvalue weighted by atomic mass is 35.5. The fraction of sp³-hybridized carbons (Fsp3) is 0.538. The summed E-state index contributed by atoms with van der Waals surface area (Å²) in [6, 6.07) is 6.85. The van der Waals surface area contributed by atoms with Gasteiger partial charge in [-0.2, -0.15) is 0 Å². The van der Waals surface area contributed by atoms with E-state index in [9.17, 15) is 0 Å². The number of anilines is 1. The van der Waals surface area contributed by atoms with E-state index in [1.165, 1.54) is 30.6 Å². The van der Waals surface area contributed by atoms with Gasteiger partial charge in [0, 0.05) is 29.8 Å². The molecule has 2 rings (SSSR count). The first-order valence-electron chi connectivity index (χ1n) is 5.92. The maximum absolute atomic E-state index is 6.05. The minimum atomic E-state index is 0.650. The van der Waals surface area contributed by atoms with Crippen molar-refractivity contribution >= 4 is 17.3 Å². The zero-order valence-corrected chi connectivity index (χ0v) is 10.7. The third-order valence-electron chi connectivity index (χ3n) is 3.27. The Bertz CT molecular complexity index is 365. The Morgan fingerprint density at radius 3 is 2.94 bits per heavy atom.